The Bertz CT molecular complexity index is 340. The third kappa shape index (κ3) is 1.98. The van der Waals surface area contributed by atoms with Crippen LogP contribution in [0.2, 0.25) is 0 Å². The van der Waals surface area contributed by atoms with Crippen LogP contribution in [0, 0.1) is 5.92 Å². The lowest BCUT2D eigenvalue weighted by Gasteiger charge is -2.34. The molecule has 1 aromatic rings. The van der Waals surface area contributed by atoms with Gasteiger partial charge in [0.15, 0.2) is 0 Å². The number of nitrogens with one attached hydrogen (secondary N) is 1. The predicted molar refractivity (Wildman–Crippen MR) is 67.9 cm³/mol. The molecule has 0 spiro atoms. The third-order valence-electron chi connectivity index (χ3n) is 3.51. The fourth-order valence-electron chi connectivity index (χ4n) is 2.61. The van der Waals surface area contributed by atoms with Gasteiger partial charge in [0, 0.05) is 10.0 Å². The first-order valence-corrected chi connectivity index (χ1v) is 6.45. The Kier molecular flexibility index (Phi) is 3.17. The Labute approximate surface area is 100 Å². The van der Waals surface area contributed by atoms with Gasteiger partial charge in [-0.25, -0.2) is 0 Å². The lowest BCUT2D eigenvalue weighted by Crippen LogP contribution is -2.41. The second-order valence-electron chi connectivity index (χ2n) is 4.67. The first kappa shape index (κ1) is 11.2. The van der Waals surface area contributed by atoms with E-state index in [0.717, 1.165) is 6.54 Å². The Balaban J connectivity index is 2.41. The van der Waals surface area contributed by atoms with Crippen LogP contribution >= 0.6 is 15.9 Å². The van der Waals surface area contributed by atoms with Crippen molar-refractivity contribution in [3.8, 4) is 0 Å². The maximum absolute atomic E-state index is 3.69. The summed E-state index contributed by atoms with van der Waals surface area (Å²) in [6.07, 6.45) is 2.53. The van der Waals surface area contributed by atoms with Crippen molar-refractivity contribution in [3.63, 3.8) is 0 Å². The molecule has 0 radical (unpaired) electrons. The quantitative estimate of drug-likeness (QED) is 0.862. The molecule has 0 bridgehead atoms. The summed E-state index contributed by atoms with van der Waals surface area (Å²) >= 11 is 3.55. The van der Waals surface area contributed by atoms with Gasteiger partial charge in [-0.05, 0) is 43.0 Å². The average molecular weight is 268 g/mol. The van der Waals surface area contributed by atoms with Gasteiger partial charge in [-0.15, -0.1) is 0 Å². The van der Waals surface area contributed by atoms with Crippen molar-refractivity contribution < 1.29 is 0 Å². The third-order valence-corrected chi connectivity index (χ3v) is 4.01. The van der Waals surface area contributed by atoms with Crippen LogP contribution in [0.4, 0.5) is 0 Å². The zero-order valence-electron chi connectivity index (χ0n) is 9.39. The van der Waals surface area contributed by atoms with Crippen LogP contribution in [0.15, 0.2) is 28.7 Å². The van der Waals surface area contributed by atoms with Crippen LogP contribution in [0.1, 0.15) is 32.3 Å². The molecule has 1 atom stereocenters. The van der Waals surface area contributed by atoms with Gasteiger partial charge in [-0.3, -0.25) is 0 Å². The van der Waals surface area contributed by atoms with Crippen molar-refractivity contribution in [2.24, 2.45) is 5.92 Å². The van der Waals surface area contributed by atoms with Gasteiger partial charge in [0.2, 0.25) is 0 Å². The Morgan fingerprint density at radius 3 is 2.73 bits per heavy atom. The first-order chi connectivity index (χ1) is 7.15. The van der Waals surface area contributed by atoms with Gasteiger partial charge >= 0.3 is 0 Å². The summed E-state index contributed by atoms with van der Waals surface area (Å²) in [4.78, 5) is 0. The molecule has 0 amide bonds. The standard InChI is InChI=1S/C13H18BrN/c1-10(2)13(7-4-8-15-13)11-5-3-6-12(14)9-11/h3,5-6,9-10,15H,4,7-8H2,1-2H3. The van der Waals surface area contributed by atoms with Gasteiger partial charge in [-0.1, -0.05) is 41.9 Å². The molecule has 1 fully saturated rings. The minimum atomic E-state index is 0.198. The van der Waals surface area contributed by atoms with E-state index in [9.17, 15) is 0 Å². The molecule has 1 aliphatic heterocycles. The van der Waals surface area contributed by atoms with Gasteiger partial charge in [0.05, 0.1) is 0 Å². The fourth-order valence-corrected chi connectivity index (χ4v) is 3.00. The van der Waals surface area contributed by atoms with E-state index in [4.69, 9.17) is 0 Å². The fraction of sp³-hybridized carbons (Fsp3) is 0.538. The van der Waals surface area contributed by atoms with E-state index in [1.165, 1.54) is 22.9 Å². The van der Waals surface area contributed by atoms with Crippen LogP contribution in [0.5, 0.6) is 0 Å². The summed E-state index contributed by atoms with van der Waals surface area (Å²) in [6.45, 7) is 5.75. The number of rotatable bonds is 2. The number of benzene rings is 1. The van der Waals surface area contributed by atoms with Crippen LogP contribution in [0.25, 0.3) is 0 Å². The predicted octanol–water partition coefficient (Wildman–Crippen LogP) is 3.68. The number of hydrogen-bond donors (Lipinski definition) is 1. The molecule has 0 aliphatic carbocycles. The van der Waals surface area contributed by atoms with Crippen molar-refractivity contribution in [3.05, 3.63) is 34.3 Å². The van der Waals surface area contributed by atoms with E-state index in [0.29, 0.717) is 5.92 Å². The van der Waals surface area contributed by atoms with Crippen molar-refractivity contribution in [1.29, 1.82) is 0 Å². The maximum atomic E-state index is 3.69. The second-order valence-corrected chi connectivity index (χ2v) is 5.58. The highest BCUT2D eigenvalue weighted by Crippen LogP contribution is 2.38. The summed E-state index contributed by atoms with van der Waals surface area (Å²) in [5, 5.41) is 3.69. The molecule has 1 unspecified atom stereocenters. The molecule has 82 valence electrons. The maximum Gasteiger partial charge on any atom is 0.0458 e. The van der Waals surface area contributed by atoms with Crippen LogP contribution in [-0.2, 0) is 5.54 Å². The first-order valence-electron chi connectivity index (χ1n) is 5.66. The largest absolute Gasteiger partial charge is 0.307 e. The lowest BCUT2D eigenvalue weighted by atomic mass is 9.79. The molecule has 2 heteroatoms. The number of hydrogen-bond acceptors (Lipinski definition) is 1. The highest BCUT2D eigenvalue weighted by Gasteiger charge is 2.37. The lowest BCUT2D eigenvalue weighted by molar-refractivity contribution is 0.277. The van der Waals surface area contributed by atoms with Crippen molar-refractivity contribution in [1.82, 2.24) is 5.32 Å². The molecule has 1 heterocycles. The van der Waals surface area contributed by atoms with Gasteiger partial charge in [-0.2, -0.15) is 0 Å². The Morgan fingerprint density at radius 2 is 2.20 bits per heavy atom. The zero-order valence-corrected chi connectivity index (χ0v) is 11.0. The van der Waals surface area contributed by atoms with Crippen LogP contribution < -0.4 is 5.32 Å². The molecule has 0 aromatic heterocycles. The molecule has 1 N–H and O–H groups in total. The molecular formula is C13H18BrN. The molecule has 1 nitrogen and oxygen atoms in total. The highest BCUT2D eigenvalue weighted by atomic mass is 79.9. The normalized spacial score (nSPS) is 26.1. The molecule has 15 heavy (non-hydrogen) atoms. The van der Waals surface area contributed by atoms with E-state index >= 15 is 0 Å². The number of halogens is 1. The molecule has 0 saturated carbocycles. The smallest absolute Gasteiger partial charge is 0.0458 e. The van der Waals surface area contributed by atoms with Gasteiger partial charge in [0.25, 0.3) is 0 Å². The molecule has 2 rings (SSSR count). The van der Waals surface area contributed by atoms with Crippen molar-refractivity contribution in [2.45, 2.75) is 32.2 Å². The van der Waals surface area contributed by atoms with Gasteiger partial charge < -0.3 is 5.32 Å². The second kappa shape index (κ2) is 4.26. The van der Waals surface area contributed by atoms with E-state index < -0.39 is 0 Å². The van der Waals surface area contributed by atoms with E-state index in [1.807, 2.05) is 0 Å². The zero-order chi connectivity index (χ0) is 10.9. The molecule has 1 saturated heterocycles. The molecular weight excluding hydrogens is 250 g/mol. The summed E-state index contributed by atoms with van der Waals surface area (Å²) < 4.78 is 1.17. The highest BCUT2D eigenvalue weighted by molar-refractivity contribution is 9.10. The topological polar surface area (TPSA) is 12.0 Å². The summed E-state index contributed by atoms with van der Waals surface area (Å²) in [7, 11) is 0. The summed E-state index contributed by atoms with van der Waals surface area (Å²) in [5.41, 5.74) is 1.62. The van der Waals surface area contributed by atoms with Crippen LogP contribution in [0.3, 0.4) is 0 Å². The monoisotopic (exact) mass is 267 g/mol. The summed E-state index contributed by atoms with van der Waals surface area (Å²) in [5.74, 6) is 0.634. The molecule has 1 aromatic carbocycles. The van der Waals surface area contributed by atoms with Crippen LogP contribution in [-0.4, -0.2) is 6.54 Å². The van der Waals surface area contributed by atoms with E-state index in [-0.39, 0.29) is 5.54 Å². The average Bonchev–Trinajstić information content (AvgIpc) is 2.67. The van der Waals surface area contributed by atoms with E-state index in [1.54, 1.807) is 0 Å². The summed E-state index contributed by atoms with van der Waals surface area (Å²) in [6, 6.07) is 8.71. The van der Waals surface area contributed by atoms with Crippen molar-refractivity contribution in [2.75, 3.05) is 6.54 Å². The van der Waals surface area contributed by atoms with Gasteiger partial charge in [0.1, 0.15) is 0 Å². The molecule has 1 aliphatic rings. The SMILES string of the molecule is CC(C)C1(c2cccc(Br)c2)CCCN1. The Hall–Kier alpha value is -0.340. The van der Waals surface area contributed by atoms with Crippen molar-refractivity contribution >= 4 is 15.9 Å². The minimum absolute atomic E-state index is 0.198. The Morgan fingerprint density at radius 1 is 1.40 bits per heavy atom. The van der Waals surface area contributed by atoms with E-state index in [2.05, 4.69) is 59.4 Å². The minimum Gasteiger partial charge on any atom is -0.307 e.